The average Bonchev–Trinajstić information content (AvgIpc) is 3.00. The zero-order chi connectivity index (χ0) is 25.6. The van der Waals surface area contributed by atoms with Crippen molar-refractivity contribution in [3.05, 3.63) is 82.6 Å². The summed E-state index contributed by atoms with van der Waals surface area (Å²) in [6.45, 7) is 5.13. The molecule has 0 saturated heterocycles. The van der Waals surface area contributed by atoms with Gasteiger partial charge in [0.15, 0.2) is 5.78 Å². The van der Waals surface area contributed by atoms with Gasteiger partial charge in [0.2, 0.25) is 5.54 Å². The van der Waals surface area contributed by atoms with E-state index in [1.165, 1.54) is 12.1 Å². The lowest BCUT2D eigenvalue weighted by Gasteiger charge is -2.35. The number of alkyl halides is 3. The maximum atomic E-state index is 14.9. The monoisotopic (exact) mass is 484 g/mol. The molecule has 1 N–H and O–H groups in total. The van der Waals surface area contributed by atoms with Gasteiger partial charge < -0.3 is 10.2 Å². The fraction of sp³-hybridized carbons (Fsp3) is 0.370. The molecule has 1 atom stereocenters. The molecule has 0 unspecified atom stereocenters. The van der Waals surface area contributed by atoms with Crippen LogP contribution in [0.15, 0.2) is 65.9 Å². The van der Waals surface area contributed by atoms with E-state index in [9.17, 15) is 27.6 Å². The van der Waals surface area contributed by atoms with Gasteiger partial charge in [-0.05, 0) is 42.4 Å². The molecular formula is C27H27F3N2O3. The van der Waals surface area contributed by atoms with Crippen molar-refractivity contribution in [3.63, 3.8) is 0 Å². The van der Waals surface area contributed by atoms with Crippen LogP contribution in [-0.4, -0.2) is 40.8 Å². The van der Waals surface area contributed by atoms with E-state index < -0.39 is 40.3 Å². The second-order valence-electron chi connectivity index (χ2n) is 9.97. The fourth-order valence-corrected chi connectivity index (χ4v) is 5.01. The summed E-state index contributed by atoms with van der Waals surface area (Å²) in [6, 6.07) is 15.3. The topological polar surface area (TPSA) is 66.5 Å². The molecule has 184 valence electrons. The molecule has 5 nitrogen and oxygen atoms in total. The molecule has 0 saturated carbocycles. The SMILES string of the molecule is Cc1ccccc1C(=O)N[C@@]1(C(F)(F)F)C(=O)N(CCc2ccccc2)C2=C1C(=O)CC(C)(C)C2. The van der Waals surface area contributed by atoms with E-state index >= 15 is 0 Å². The highest BCUT2D eigenvalue weighted by molar-refractivity contribution is 6.14. The van der Waals surface area contributed by atoms with Crippen molar-refractivity contribution in [1.82, 2.24) is 10.2 Å². The number of halogens is 3. The van der Waals surface area contributed by atoms with Crippen LogP contribution in [0, 0.1) is 12.3 Å². The number of hydrogen-bond acceptors (Lipinski definition) is 3. The second-order valence-corrected chi connectivity index (χ2v) is 9.97. The summed E-state index contributed by atoms with van der Waals surface area (Å²) >= 11 is 0. The zero-order valence-corrected chi connectivity index (χ0v) is 19.8. The molecule has 1 heterocycles. The first-order chi connectivity index (χ1) is 16.4. The van der Waals surface area contributed by atoms with Crippen LogP contribution in [0.2, 0.25) is 0 Å². The highest BCUT2D eigenvalue weighted by Gasteiger charge is 2.71. The number of Topliss-reactive ketones (excluding diaryl/α,β-unsaturated/α-hetero) is 1. The van der Waals surface area contributed by atoms with Crippen LogP contribution in [0.4, 0.5) is 13.2 Å². The number of amides is 2. The van der Waals surface area contributed by atoms with Crippen LogP contribution in [0.1, 0.15) is 48.2 Å². The number of benzene rings is 2. The van der Waals surface area contributed by atoms with Crippen molar-refractivity contribution in [1.29, 1.82) is 0 Å². The Kier molecular flexibility index (Phi) is 6.11. The predicted octanol–water partition coefficient (Wildman–Crippen LogP) is 4.75. The molecule has 1 aliphatic carbocycles. The van der Waals surface area contributed by atoms with Crippen molar-refractivity contribution in [3.8, 4) is 0 Å². The van der Waals surface area contributed by atoms with Gasteiger partial charge in [0.1, 0.15) is 0 Å². The van der Waals surface area contributed by atoms with Gasteiger partial charge in [-0.15, -0.1) is 0 Å². The summed E-state index contributed by atoms with van der Waals surface area (Å²) in [6.07, 6.45) is -4.95. The summed E-state index contributed by atoms with van der Waals surface area (Å²) < 4.78 is 44.6. The Labute approximate surface area is 202 Å². The Morgan fingerprint density at radius 2 is 1.63 bits per heavy atom. The summed E-state index contributed by atoms with van der Waals surface area (Å²) in [4.78, 5) is 41.0. The molecule has 35 heavy (non-hydrogen) atoms. The molecule has 4 rings (SSSR count). The number of aryl methyl sites for hydroxylation is 1. The minimum Gasteiger partial charge on any atom is -0.326 e. The van der Waals surface area contributed by atoms with Crippen molar-refractivity contribution in [2.24, 2.45) is 5.41 Å². The van der Waals surface area contributed by atoms with Crippen molar-refractivity contribution < 1.29 is 27.6 Å². The number of carbonyl (C=O) groups is 3. The Morgan fingerprint density at radius 1 is 1.00 bits per heavy atom. The summed E-state index contributed by atoms with van der Waals surface area (Å²) in [5.74, 6) is -3.16. The molecule has 0 bridgehead atoms. The van der Waals surface area contributed by atoms with E-state index in [0.29, 0.717) is 12.0 Å². The maximum absolute atomic E-state index is 14.9. The van der Waals surface area contributed by atoms with Crippen LogP contribution in [0.25, 0.3) is 0 Å². The van der Waals surface area contributed by atoms with Gasteiger partial charge in [-0.25, -0.2) is 0 Å². The van der Waals surface area contributed by atoms with Crippen LogP contribution in [0.5, 0.6) is 0 Å². The molecule has 2 aromatic rings. The molecule has 1 aliphatic heterocycles. The van der Waals surface area contributed by atoms with Gasteiger partial charge >= 0.3 is 6.18 Å². The fourth-order valence-electron chi connectivity index (χ4n) is 5.01. The summed E-state index contributed by atoms with van der Waals surface area (Å²) in [5.41, 5.74) is -3.33. The minimum absolute atomic E-state index is 0.0115. The average molecular weight is 485 g/mol. The summed E-state index contributed by atoms with van der Waals surface area (Å²) in [7, 11) is 0. The van der Waals surface area contributed by atoms with E-state index in [4.69, 9.17) is 0 Å². The first-order valence-electron chi connectivity index (χ1n) is 11.4. The van der Waals surface area contributed by atoms with E-state index in [0.717, 1.165) is 10.5 Å². The number of carbonyl (C=O) groups excluding carboxylic acids is 3. The van der Waals surface area contributed by atoms with Gasteiger partial charge in [0, 0.05) is 24.2 Å². The van der Waals surface area contributed by atoms with Gasteiger partial charge in [-0.1, -0.05) is 62.4 Å². The zero-order valence-electron chi connectivity index (χ0n) is 19.8. The van der Waals surface area contributed by atoms with Crippen molar-refractivity contribution in [2.75, 3.05) is 6.54 Å². The third-order valence-electron chi connectivity index (χ3n) is 6.70. The molecule has 0 fully saturated rings. The Balaban J connectivity index is 1.82. The highest BCUT2D eigenvalue weighted by Crippen LogP contribution is 2.51. The Hall–Kier alpha value is -3.42. The number of nitrogens with zero attached hydrogens (tertiary/aromatic N) is 1. The quantitative estimate of drug-likeness (QED) is 0.666. The van der Waals surface area contributed by atoms with E-state index in [1.807, 2.05) is 35.6 Å². The highest BCUT2D eigenvalue weighted by atomic mass is 19.4. The van der Waals surface area contributed by atoms with E-state index in [2.05, 4.69) is 0 Å². The molecule has 2 amide bonds. The van der Waals surface area contributed by atoms with Crippen LogP contribution >= 0.6 is 0 Å². The third kappa shape index (κ3) is 4.26. The van der Waals surface area contributed by atoms with Crippen molar-refractivity contribution in [2.45, 2.75) is 51.7 Å². The molecule has 2 aromatic carbocycles. The molecule has 0 radical (unpaired) electrons. The number of allylic oxidation sites excluding steroid dienone is 1. The van der Waals surface area contributed by atoms with Gasteiger partial charge in [-0.3, -0.25) is 14.4 Å². The van der Waals surface area contributed by atoms with Crippen LogP contribution in [-0.2, 0) is 16.0 Å². The number of nitrogens with one attached hydrogen (secondary N) is 1. The standard InChI is InChI=1S/C27H27F3N2O3/c1-17-9-7-8-12-19(17)23(34)31-26(27(28,29)30)22-20(15-25(2,3)16-21(22)33)32(24(26)35)14-13-18-10-5-4-6-11-18/h4-12H,13-16H2,1-3H3,(H,31,34)/t26-/m1/s1. The van der Waals surface area contributed by atoms with Gasteiger partial charge in [0.25, 0.3) is 11.8 Å². The lowest BCUT2D eigenvalue weighted by Crippen LogP contribution is -2.66. The molecule has 0 spiro atoms. The smallest absolute Gasteiger partial charge is 0.326 e. The molecule has 0 aromatic heterocycles. The number of hydrogen-bond donors (Lipinski definition) is 1. The van der Waals surface area contributed by atoms with Crippen molar-refractivity contribution >= 4 is 17.6 Å². The Morgan fingerprint density at radius 3 is 2.26 bits per heavy atom. The Bertz CT molecular complexity index is 1220. The predicted molar refractivity (Wildman–Crippen MR) is 124 cm³/mol. The normalized spacial score (nSPS) is 21.8. The summed E-state index contributed by atoms with van der Waals surface area (Å²) in [5, 5.41) is 1.99. The lowest BCUT2D eigenvalue weighted by atomic mass is 9.72. The third-order valence-corrected chi connectivity index (χ3v) is 6.70. The molecule has 2 aliphatic rings. The first kappa shape index (κ1) is 24.7. The van der Waals surface area contributed by atoms with Crippen LogP contribution in [0.3, 0.4) is 0 Å². The van der Waals surface area contributed by atoms with E-state index in [-0.39, 0.29) is 30.6 Å². The maximum Gasteiger partial charge on any atom is 0.425 e. The largest absolute Gasteiger partial charge is 0.425 e. The number of ketones is 1. The lowest BCUT2D eigenvalue weighted by molar-refractivity contribution is -0.190. The number of rotatable bonds is 5. The minimum atomic E-state index is -5.22. The van der Waals surface area contributed by atoms with Gasteiger partial charge in [-0.2, -0.15) is 13.2 Å². The van der Waals surface area contributed by atoms with Gasteiger partial charge in [0.05, 0.1) is 5.57 Å². The second kappa shape index (κ2) is 8.66. The first-order valence-corrected chi connectivity index (χ1v) is 11.4. The molecule has 8 heteroatoms. The molecular weight excluding hydrogens is 457 g/mol. The van der Waals surface area contributed by atoms with Crippen LogP contribution < -0.4 is 5.32 Å². The van der Waals surface area contributed by atoms with E-state index in [1.54, 1.807) is 32.9 Å².